The molecule has 0 radical (unpaired) electrons. The summed E-state index contributed by atoms with van der Waals surface area (Å²) < 4.78 is 0. The molecule has 1 atom stereocenters. The Balaban J connectivity index is 2.31. The van der Waals surface area contributed by atoms with E-state index in [1.807, 2.05) is 49.4 Å². The van der Waals surface area contributed by atoms with E-state index in [-0.39, 0.29) is 12.0 Å². The van der Waals surface area contributed by atoms with Crippen molar-refractivity contribution in [3.63, 3.8) is 0 Å². The van der Waals surface area contributed by atoms with E-state index in [0.717, 1.165) is 11.3 Å². The second-order valence-corrected chi connectivity index (χ2v) is 5.16. The average Bonchev–Trinajstić information content (AvgIpc) is 2.40. The summed E-state index contributed by atoms with van der Waals surface area (Å²) in [6.45, 7) is 2.08. The predicted octanol–water partition coefficient (Wildman–Crippen LogP) is 3.23. The molecular weight excluding hydrogens is 246 g/mol. The fourth-order valence-electron chi connectivity index (χ4n) is 2.02. The molecule has 1 aromatic carbocycles. The van der Waals surface area contributed by atoms with Gasteiger partial charge in [0.05, 0.1) is 6.61 Å². The number of aromatic nitrogens is 1. The van der Waals surface area contributed by atoms with Crippen LogP contribution in [0.15, 0.2) is 48.7 Å². The van der Waals surface area contributed by atoms with Crippen molar-refractivity contribution in [1.82, 2.24) is 4.98 Å². The summed E-state index contributed by atoms with van der Waals surface area (Å²) >= 11 is 6.01. The van der Waals surface area contributed by atoms with Crippen LogP contribution in [0.25, 0.3) is 0 Å². The van der Waals surface area contributed by atoms with Gasteiger partial charge in [-0.2, -0.15) is 0 Å². The quantitative estimate of drug-likeness (QED) is 0.917. The average molecular weight is 262 g/mol. The summed E-state index contributed by atoms with van der Waals surface area (Å²) in [4.78, 5) is 4.32. The minimum atomic E-state index is -0.362. The summed E-state index contributed by atoms with van der Waals surface area (Å²) in [6.07, 6.45) is 2.45. The van der Waals surface area contributed by atoms with Crippen molar-refractivity contribution in [1.29, 1.82) is 0 Å². The fraction of sp³-hybridized carbons (Fsp3) is 0.267. The molecule has 0 aliphatic carbocycles. The Hall–Kier alpha value is -1.38. The van der Waals surface area contributed by atoms with Gasteiger partial charge in [0, 0.05) is 28.7 Å². The van der Waals surface area contributed by atoms with Crippen LogP contribution >= 0.6 is 11.6 Å². The van der Waals surface area contributed by atoms with Crippen molar-refractivity contribution in [2.75, 3.05) is 6.61 Å². The fourth-order valence-corrected chi connectivity index (χ4v) is 2.21. The maximum absolute atomic E-state index is 9.72. The highest BCUT2D eigenvalue weighted by Gasteiger charge is 2.27. The summed E-state index contributed by atoms with van der Waals surface area (Å²) in [5.74, 6) is 0. The molecule has 1 unspecified atom stereocenters. The first-order valence-corrected chi connectivity index (χ1v) is 6.29. The van der Waals surface area contributed by atoms with Crippen LogP contribution in [0, 0.1) is 0 Å². The standard InChI is InChI=1S/C15H16ClNO/c1-15(11-18,10-14-7-2-3-8-17-14)12-5-4-6-13(16)9-12/h2-9,18H,10-11H2,1H3. The lowest BCUT2D eigenvalue weighted by Crippen LogP contribution is -2.29. The first-order chi connectivity index (χ1) is 8.64. The van der Waals surface area contributed by atoms with Crippen molar-refractivity contribution in [2.24, 2.45) is 0 Å². The van der Waals surface area contributed by atoms with Crippen LogP contribution in [0.2, 0.25) is 5.02 Å². The van der Waals surface area contributed by atoms with Gasteiger partial charge < -0.3 is 5.11 Å². The van der Waals surface area contributed by atoms with Gasteiger partial charge in [-0.1, -0.05) is 36.7 Å². The number of aliphatic hydroxyl groups is 1. The van der Waals surface area contributed by atoms with E-state index in [1.54, 1.807) is 6.20 Å². The zero-order chi connectivity index (χ0) is 13.0. The van der Waals surface area contributed by atoms with E-state index in [4.69, 9.17) is 11.6 Å². The Morgan fingerprint density at radius 3 is 2.67 bits per heavy atom. The normalized spacial score (nSPS) is 14.2. The van der Waals surface area contributed by atoms with Crippen LogP contribution in [0.4, 0.5) is 0 Å². The number of rotatable bonds is 4. The molecule has 0 saturated carbocycles. The van der Waals surface area contributed by atoms with Crippen LogP contribution in [0.5, 0.6) is 0 Å². The molecule has 1 N–H and O–H groups in total. The number of aliphatic hydroxyl groups excluding tert-OH is 1. The van der Waals surface area contributed by atoms with E-state index < -0.39 is 0 Å². The Morgan fingerprint density at radius 1 is 1.22 bits per heavy atom. The molecule has 1 heterocycles. The Bertz CT molecular complexity index is 515. The minimum Gasteiger partial charge on any atom is -0.395 e. The summed E-state index contributed by atoms with van der Waals surface area (Å²) in [5, 5.41) is 10.4. The largest absolute Gasteiger partial charge is 0.395 e. The second kappa shape index (κ2) is 5.51. The van der Waals surface area contributed by atoms with Gasteiger partial charge in [-0.15, -0.1) is 0 Å². The van der Waals surface area contributed by atoms with Crippen molar-refractivity contribution in [2.45, 2.75) is 18.8 Å². The second-order valence-electron chi connectivity index (χ2n) is 4.73. The van der Waals surface area contributed by atoms with Gasteiger partial charge >= 0.3 is 0 Å². The van der Waals surface area contributed by atoms with Crippen LogP contribution in [0.3, 0.4) is 0 Å². The molecule has 0 saturated heterocycles. The first kappa shape index (κ1) is 13.1. The van der Waals surface area contributed by atoms with Gasteiger partial charge in [0.1, 0.15) is 0 Å². The molecule has 0 aliphatic heterocycles. The molecule has 0 spiro atoms. The van der Waals surface area contributed by atoms with Crippen molar-refractivity contribution in [3.8, 4) is 0 Å². The van der Waals surface area contributed by atoms with Crippen LogP contribution in [0.1, 0.15) is 18.2 Å². The summed E-state index contributed by atoms with van der Waals surface area (Å²) in [7, 11) is 0. The highest BCUT2D eigenvalue weighted by molar-refractivity contribution is 6.30. The van der Waals surface area contributed by atoms with E-state index in [0.29, 0.717) is 11.4 Å². The van der Waals surface area contributed by atoms with Gasteiger partial charge in [-0.25, -0.2) is 0 Å². The number of benzene rings is 1. The van der Waals surface area contributed by atoms with Gasteiger partial charge in [0.25, 0.3) is 0 Å². The molecule has 2 aromatic rings. The van der Waals surface area contributed by atoms with Gasteiger partial charge in [-0.05, 0) is 29.8 Å². The van der Waals surface area contributed by atoms with Crippen LogP contribution in [-0.2, 0) is 11.8 Å². The highest BCUT2D eigenvalue weighted by Crippen LogP contribution is 2.28. The zero-order valence-electron chi connectivity index (χ0n) is 10.3. The molecular formula is C15H16ClNO. The van der Waals surface area contributed by atoms with E-state index in [1.165, 1.54) is 0 Å². The number of hydrogen-bond acceptors (Lipinski definition) is 2. The third-order valence-electron chi connectivity index (χ3n) is 3.17. The lowest BCUT2D eigenvalue weighted by atomic mass is 9.79. The monoisotopic (exact) mass is 261 g/mol. The van der Waals surface area contributed by atoms with Gasteiger partial charge in [-0.3, -0.25) is 4.98 Å². The maximum atomic E-state index is 9.72. The van der Waals surface area contributed by atoms with Crippen molar-refractivity contribution in [3.05, 3.63) is 64.9 Å². The number of nitrogens with zero attached hydrogens (tertiary/aromatic N) is 1. The number of pyridine rings is 1. The first-order valence-electron chi connectivity index (χ1n) is 5.91. The molecule has 2 rings (SSSR count). The lowest BCUT2D eigenvalue weighted by Gasteiger charge is -2.27. The van der Waals surface area contributed by atoms with Crippen molar-refractivity contribution < 1.29 is 5.11 Å². The van der Waals surface area contributed by atoms with Gasteiger partial charge in [0.2, 0.25) is 0 Å². The molecule has 94 valence electrons. The topological polar surface area (TPSA) is 33.1 Å². The smallest absolute Gasteiger partial charge is 0.0529 e. The molecule has 1 aromatic heterocycles. The molecule has 2 nitrogen and oxygen atoms in total. The van der Waals surface area contributed by atoms with Crippen molar-refractivity contribution >= 4 is 11.6 Å². The minimum absolute atomic E-state index is 0.0594. The molecule has 0 fully saturated rings. The Morgan fingerprint density at radius 2 is 2.06 bits per heavy atom. The molecule has 3 heteroatoms. The van der Waals surface area contributed by atoms with E-state index in [2.05, 4.69) is 4.98 Å². The molecule has 0 amide bonds. The zero-order valence-corrected chi connectivity index (χ0v) is 11.1. The molecule has 0 bridgehead atoms. The number of halogens is 1. The summed E-state index contributed by atoms with van der Waals surface area (Å²) in [6, 6.07) is 13.5. The number of hydrogen-bond donors (Lipinski definition) is 1. The SMILES string of the molecule is CC(CO)(Cc1ccccn1)c1cccc(Cl)c1. The maximum Gasteiger partial charge on any atom is 0.0529 e. The highest BCUT2D eigenvalue weighted by atomic mass is 35.5. The summed E-state index contributed by atoms with van der Waals surface area (Å²) in [5.41, 5.74) is 1.64. The third kappa shape index (κ3) is 2.89. The third-order valence-corrected chi connectivity index (χ3v) is 3.40. The lowest BCUT2D eigenvalue weighted by molar-refractivity contribution is 0.204. The van der Waals surface area contributed by atoms with Gasteiger partial charge in [0.15, 0.2) is 0 Å². The van der Waals surface area contributed by atoms with E-state index in [9.17, 15) is 5.11 Å². The van der Waals surface area contributed by atoms with Crippen LogP contribution < -0.4 is 0 Å². The molecule has 18 heavy (non-hydrogen) atoms. The predicted molar refractivity (Wildman–Crippen MR) is 73.8 cm³/mol. The Kier molecular flexibility index (Phi) is 4.00. The molecule has 0 aliphatic rings. The van der Waals surface area contributed by atoms with Crippen LogP contribution in [-0.4, -0.2) is 16.7 Å². The van der Waals surface area contributed by atoms with E-state index >= 15 is 0 Å². The Labute approximate surface area is 112 Å².